The molecule has 2 N–H and O–H groups in total. The molecular formula is C14H21NO3. The van der Waals surface area contributed by atoms with Crippen LogP contribution in [0.15, 0.2) is 18.2 Å². The molecule has 4 nitrogen and oxygen atoms in total. The fourth-order valence-electron chi connectivity index (χ4n) is 1.95. The van der Waals surface area contributed by atoms with E-state index in [2.05, 4.69) is 6.92 Å². The summed E-state index contributed by atoms with van der Waals surface area (Å²) in [6.45, 7) is 4.12. The van der Waals surface area contributed by atoms with Gasteiger partial charge in [-0.25, -0.2) is 0 Å². The molecule has 18 heavy (non-hydrogen) atoms. The van der Waals surface area contributed by atoms with Crippen LogP contribution in [0.5, 0.6) is 11.5 Å². The van der Waals surface area contributed by atoms with Crippen molar-refractivity contribution in [3.05, 3.63) is 18.2 Å². The summed E-state index contributed by atoms with van der Waals surface area (Å²) in [7, 11) is 0. The van der Waals surface area contributed by atoms with Gasteiger partial charge in [0.1, 0.15) is 23.8 Å². The van der Waals surface area contributed by atoms with Gasteiger partial charge in [-0.3, -0.25) is 0 Å². The molecule has 0 amide bonds. The Morgan fingerprint density at radius 1 is 1.33 bits per heavy atom. The predicted octanol–water partition coefficient (Wildman–Crippen LogP) is 2.62. The number of nitrogen functional groups attached to an aromatic ring is 1. The van der Waals surface area contributed by atoms with Gasteiger partial charge in [0, 0.05) is 6.61 Å². The van der Waals surface area contributed by atoms with Gasteiger partial charge in [-0.05, 0) is 31.4 Å². The first-order valence-electron chi connectivity index (χ1n) is 6.57. The lowest BCUT2D eigenvalue weighted by Crippen LogP contribution is -2.16. The zero-order chi connectivity index (χ0) is 12.8. The molecule has 1 saturated heterocycles. The lowest BCUT2D eigenvalue weighted by Gasteiger charge is -2.15. The van der Waals surface area contributed by atoms with E-state index in [0.29, 0.717) is 30.4 Å². The van der Waals surface area contributed by atoms with Gasteiger partial charge in [-0.15, -0.1) is 0 Å². The van der Waals surface area contributed by atoms with Crippen LogP contribution in [0.25, 0.3) is 0 Å². The van der Waals surface area contributed by atoms with E-state index in [9.17, 15) is 0 Å². The summed E-state index contributed by atoms with van der Waals surface area (Å²) < 4.78 is 16.8. The number of hydrogen-bond acceptors (Lipinski definition) is 4. The van der Waals surface area contributed by atoms with E-state index in [0.717, 1.165) is 25.9 Å². The summed E-state index contributed by atoms with van der Waals surface area (Å²) >= 11 is 0. The monoisotopic (exact) mass is 251 g/mol. The Morgan fingerprint density at radius 2 is 2.11 bits per heavy atom. The van der Waals surface area contributed by atoms with Gasteiger partial charge in [0.2, 0.25) is 0 Å². The largest absolute Gasteiger partial charge is 0.491 e. The molecule has 0 radical (unpaired) electrons. The third-order valence-corrected chi connectivity index (χ3v) is 2.94. The third kappa shape index (κ3) is 3.29. The van der Waals surface area contributed by atoms with Crippen LogP contribution in [-0.2, 0) is 4.74 Å². The van der Waals surface area contributed by atoms with E-state index in [1.165, 1.54) is 0 Å². The van der Waals surface area contributed by atoms with Crippen molar-refractivity contribution in [3.8, 4) is 11.5 Å². The van der Waals surface area contributed by atoms with E-state index in [4.69, 9.17) is 19.9 Å². The van der Waals surface area contributed by atoms with Gasteiger partial charge in [-0.1, -0.05) is 13.0 Å². The molecule has 4 heteroatoms. The van der Waals surface area contributed by atoms with Crippen molar-refractivity contribution in [2.24, 2.45) is 0 Å². The molecule has 0 saturated carbocycles. The third-order valence-electron chi connectivity index (χ3n) is 2.94. The Morgan fingerprint density at radius 3 is 2.78 bits per heavy atom. The van der Waals surface area contributed by atoms with Crippen molar-refractivity contribution < 1.29 is 14.2 Å². The number of nitrogens with two attached hydrogens (primary N) is 1. The Labute approximate surface area is 108 Å². The topological polar surface area (TPSA) is 53.7 Å². The van der Waals surface area contributed by atoms with Crippen LogP contribution in [0.3, 0.4) is 0 Å². The summed E-state index contributed by atoms with van der Waals surface area (Å²) in [6.07, 6.45) is 3.33. The van der Waals surface area contributed by atoms with Gasteiger partial charge in [0.25, 0.3) is 0 Å². The first-order valence-corrected chi connectivity index (χ1v) is 6.57. The lowest BCUT2D eigenvalue weighted by atomic mass is 10.2. The molecule has 0 bridgehead atoms. The van der Waals surface area contributed by atoms with Crippen molar-refractivity contribution in [2.75, 3.05) is 25.6 Å². The molecule has 1 fully saturated rings. The van der Waals surface area contributed by atoms with Gasteiger partial charge in [0.15, 0.2) is 0 Å². The van der Waals surface area contributed by atoms with Crippen LogP contribution in [0.4, 0.5) is 5.69 Å². The van der Waals surface area contributed by atoms with Crippen LogP contribution in [-0.4, -0.2) is 25.9 Å². The van der Waals surface area contributed by atoms with Gasteiger partial charge >= 0.3 is 0 Å². The van der Waals surface area contributed by atoms with Crippen LogP contribution in [0.2, 0.25) is 0 Å². The minimum Gasteiger partial charge on any atom is -0.491 e. The highest BCUT2D eigenvalue weighted by atomic mass is 16.5. The maximum absolute atomic E-state index is 6.02. The fourth-order valence-corrected chi connectivity index (χ4v) is 1.95. The molecule has 0 spiro atoms. The summed E-state index contributed by atoms with van der Waals surface area (Å²) in [4.78, 5) is 0. The molecule has 1 aromatic carbocycles. The highest BCUT2D eigenvalue weighted by Gasteiger charge is 2.17. The first-order chi connectivity index (χ1) is 8.81. The minimum absolute atomic E-state index is 0.199. The normalized spacial score (nSPS) is 18.8. The molecule has 0 aliphatic carbocycles. The number of rotatable bonds is 6. The highest BCUT2D eigenvalue weighted by molar-refractivity contribution is 5.62. The van der Waals surface area contributed by atoms with Gasteiger partial charge < -0.3 is 19.9 Å². The highest BCUT2D eigenvalue weighted by Crippen LogP contribution is 2.31. The zero-order valence-corrected chi connectivity index (χ0v) is 10.9. The summed E-state index contributed by atoms with van der Waals surface area (Å²) in [5.41, 5.74) is 6.59. The maximum Gasteiger partial charge on any atom is 0.146 e. The molecule has 100 valence electrons. The predicted molar refractivity (Wildman–Crippen MR) is 71.1 cm³/mol. The molecule has 1 heterocycles. The van der Waals surface area contributed by atoms with Crippen molar-refractivity contribution in [3.63, 3.8) is 0 Å². The van der Waals surface area contributed by atoms with E-state index in [1.807, 2.05) is 18.2 Å². The minimum atomic E-state index is 0.199. The van der Waals surface area contributed by atoms with Crippen LogP contribution >= 0.6 is 0 Å². The van der Waals surface area contributed by atoms with Crippen molar-refractivity contribution in [2.45, 2.75) is 32.3 Å². The number of hydrogen-bond donors (Lipinski definition) is 1. The summed E-state index contributed by atoms with van der Waals surface area (Å²) in [5.74, 6) is 1.38. The van der Waals surface area contributed by atoms with Crippen molar-refractivity contribution >= 4 is 5.69 Å². The molecule has 1 aromatic rings. The number of anilines is 1. The summed E-state index contributed by atoms with van der Waals surface area (Å²) in [5, 5.41) is 0. The lowest BCUT2D eigenvalue weighted by molar-refractivity contribution is 0.0681. The Kier molecular flexibility index (Phi) is 4.70. The number of benzene rings is 1. The number of ether oxygens (including phenoxy) is 3. The zero-order valence-electron chi connectivity index (χ0n) is 10.9. The first kappa shape index (κ1) is 13.0. The molecular weight excluding hydrogens is 230 g/mol. The van der Waals surface area contributed by atoms with Crippen LogP contribution in [0.1, 0.15) is 26.2 Å². The van der Waals surface area contributed by atoms with E-state index < -0.39 is 0 Å². The standard InChI is InChI=1S/C14H21NO3/c1-2-8-17-12-6-3-7-13(14(12)15)18-10-11-5-4-9-16-11/h3,6-7,11H,2,4-5,8-10,15H2,1H3. The quantitative estimate of drug-likeness (QED) is 0.790. The van der Waals surface area contributed by atoms with Gasteiger partial charge in [0.05, 0.1) is 12.7 Å². The van der Waals surface area contributed by atoms with E-state index in [-0.39, 0.29) is 6.10 Å². The molecule has 1 aliphatic rings. The van der Waals surface area contributed by atoms with Crippen LogP contribution in [0, 0.1) is 0 Å². The summed E-state index contributed by atoms with van der Waals surface area (Å²) in [6, 6.07) is 5.62. The average molecular weight is 251 g/mol. The van der Waals surface area contributed by atoms with Crippen LogP contribution < -0.4 is 15.2 Å². The fraction of sp³-hybridized carbons (Fsp3) is 0.571. The average Bonchev–Trinajstić information content (AvgIpc) is 2.89. The molecule has 0 aromatic heterocycles. The second kappa shape index (κ2) is 6.50. The Balaban J connectivity index is 1.94. The number of para-hydroxylation sites is 1. The Bertz CT molecular complexity index is 375. The molecule has 1 atom stereocenters. The second-order valence-corrected chi connectivity index (χ2v) is 4.46. The SMILES string of the molecule is CCCOc1cccc(OCC2CCCO2)c1N. The van der Waals surface area contributed by atoms with Crippen molar-refractivity contribution in [1.29, 1.82) is 0 Å². The second-order valence-electron chi connectivity index (χ2n) is 4.46. The maximum atomic E-state index is 6.02. The smallest absolute Gasteiger partial charge is 0.146 e. The molecule has 2 rings (SSSR count). The van der Waals surface area contributed by atoms with Crippen molar-refractivity contribution in [1.82, 2.24) is 0 Å². The Hall–Kier alpha value is -1.42. The van der Waals surface area contributed by atoms with E-state index >= 15 is 0 Å². The molecule has 1 aliphatic heterocycles. The van der Waals surface area contributed by atoms with Gasteiger partial charge in [-0.2, -0.15) is 0 Å². The molecule has 1 unspecified atom stereocenters. The van der Waals surface area contributed by atoms with E-state index in [1.54, 1.807) is 0 Å².